The molecule has 0 bridgehead atoms. The Morgan fingerprint density at radius 3 is 3.00 bits per heavy atom. The molecule has 0 saturated heterocycles. The zero-order chi connectivity index (χ0) is 12.5. The van der Waals surface area contributed by atoms with Crippen molar-refractivity contribution >= 4 is 11.0 Å². The largest absolute Gasteiger partial charge is 0.456 e. The second-order valence-electron chi connectivity index (χ2n) is 3.78. The van der Waals surface area contributed by atoms with Crippen LogP contribution in [-0.4, -0.2) is 15.2 Å². The van der Waals surface area contributed by atoms with E-state index in [4.69, 9.17) is 10.3 Å². The number of hydrogen-bond acceptors (Lipinski definition) is 5. The van der Waals surface area contributed by atoms with Gasteiger partial charge in [0.1, 0.15) is 18.1 Å². The number of nitrogens with two attached hydrogens (primary N) is 1. The summed E-state index contributed by atoms with van der Waals surface area (Å²) < 4.78 is 19.0. The molecule has 92 valence electrons. The van der Waals surface area contributed by atoms with Gasteiger partial charge >= 0.3 is 0 Å². The van der Waals surface area contributed by atoms with E-state index >= 15 is 0 Å². The molecule has 18 heavy (non-hydrogen) atoms. The van der Waals surface area contributed by atoms with Crippen LogP contribution in [0.1, 0.15) is 17.6 Å². The standard InChI is InChI=1S/C11H10FN5O/c12-7-3-1-2-6-4-8(18-10(6)7)9(16-13)11-14-5-15-17-11/h1-5,9,16H,13H2,(H,14,15,17). The minimum absolute atomic E-state index is 0.201. The van der Waals surface area contributed by atoms with Crippen LogP contribution in [0, 0.1) is 5.82 Å². The Hall–Kier alpha value is -2.25. The predicted molar refractivity (Wildman–Crippen MR) is 61.7 cm³/mol. The maximum atomic E-state index is 13.5. The van der Waals surface area contributed by atoms with Crippen LogP contribution < -0.4 is 11.3 Å². The van der Waals surface area contributed by atoms with Crippen LogP contribution in [0.4, 0.5) is 4.39 Å². The van der Waals surface area contributed by atoms with Crippen LogP contribution in [-0.2, 0) is 0 Å². The topological polar surface area (TPSA) is 92.8 Å². The zero-order valence-electron chi connectivity index (χ0n) is 9.22. The quantitative estimate of drug-likeness (QED) is 0.478. The minimum atomic E-state index is -0.501. The molecule has 3 rings (SSSR count). The second-order valence-corrected chi connectivity index (χ2v) is 3.78. The van der Waals surface area contributed by atoms with Gasteiger partial charge in [0.2, 0.25) is 0 Å². The van der Waals surface area contributed by atoms with Gasteiger partial charge in [0.25, 0.3) is 0 Å². The summed E-state index contributed by atoms with van der Waals surface area (Å²) in [5.74, 6) is 6.02. The molecule has 6 nitrogen and oxygen atoms in total. The van der Waals surface area contributed by atoms with Gasteiger partial charge in [-0.25, -0.2) is 14.8 Å². The summed E-state index contributed by atoms with van der Waals surface area (Å²) >= 11 is 0. The van der Waals surface area contributed by atoms with E-state index in [1.165, 1.54) is 12.4 Å². The Labute approximate surface area is 101 Å². The second kappa shape index (κ2) is 4.21. The smallest absolute Gasteiger partial charge is 0.169 e. The summed E-state index contributed by atoms with van der Waals surface area (Å²) in [5, 5.41) is 7.10. The number of rotatable bonds is 3. The first-order chi connectivity index (χ1) is 8.79. The highest BCUT2D eigenvalue weighted by molar-refractivity contribution is 5.78. The number of benzene rings is 1. The number of fused-ring (bicyclic) bond motifs is 1. The third-order valence-electron chi connectivity index (χ3n) is 2.67. The Morgan fingerprint density at radius 2 is 2.33 bits per heavy atom. The van der Waals surface area contributed by atoms with Gasteiger partial charge < -0.3 is 4.42 Å². The molecule has 0 radical (unpaired) electrons. The summed E-state index contributed by atoms with van der Waals surface area (Å²) in [6, 6.07) is 5.94. The molecular formula is C11H10FN5O. The summed E-state index contributed by atoms with van der Waals surface area (Å²) in [7, 11) is 0. The lowest BCUT2D eigenvalue weighted by atomic mass is 10.2. The molecule has 0 saturated carbocycles. The van der Waals surface area contributed by atoms with Crippen LogP contribution in [0.5, 0.6) is 0 Å². The molecule has 2 heterocycles. The molecule has 7 heteroatoms. The van der Waals surface area contributed by atoms with Gasteiger partial charge in [-0.15, -0.1) is 0 Å². The van der Waals surface area contributed by atoms with Crippen molar-refractivity contribution in [1.29, 1.82) is 0 Å². The van der Waals surface area contributed by atoms with Crippen LogP contribution in [0.15, 0.2) is 35.0 Å². The van der Waals surface area contributed by atoms with Gasteiger partial charge in [-0.3, -0.25) is 10.9 Å². The fourth-order valence-corrected chi connectivity index (χ4v) is 1.84. The van der Waals surface area contributed by atoms with Crippen LogP contribution in [0.3, 0.4) is 0 Å². The van der Waals surface area contributed by atoms with Crippen molar-refractivity contribution in [3.05, 3.63) is 48.0 Å². The molecule has 3 aromatic rings. The van der Waals surface area contributed by atoms with Crippen molar-refractivity contribution < 1.29 is 8.81 Å². The molecule has 0 fully saturated rings. The number of aromatic amines is 1. The molecule has 0 aliphatic rings. The van der Waals surface area contributed by atoms with Crippen molar-refractivity contribution in [1.82, 2.24) is 20.6 Å². The summed E-state index contributed by atoms with van der Waals surface area (Å²) in [6.07, 6.45) is 1.36. The third-order valence-corrected chi connectivity index (χ3v) is 2.67. The van der Waals surface area contributed by atoms with Crippen LogP contribution in [0.25, 0.3) is 11.0 Å². The highest BCUT2D eigenvalue weighted by Gasteiger charge is 2.20. The molecular weight excluding hydrogens is 237 g/mol. The molecule has 0 spiro atoms. The maximum Gasteiger partial charge on any atom is 0.169 e. The van der Waals surface area contributed by atoms with Gasteiger partial charge in [0.05, 0.1) is 0 Å². The number of para-hydroxylation sites is 1. The average Bonchev–Trinajstić information content (AvgIpc) is 3.00. The monoisotopic (exact) mass is 247 g/mol. The lowest BCUT2D eigenvalue weighted by molar-refractivity contribution is 0.454. The van der Waals surface area contributed by atoms with Gasteiger partial charge in [-0.05, 0) is 12.1 Å². The zero-order valence-corrected chi connectivity index (χ0v) is 9.22. The van der Waals surface area contributed by atoms with Gasteiger partial charge in [-0.2, -0.15) is 5.10 Å². The maximum absolute atomic E-state index is 13.5. The summed E-state index contributed by atoms with van der Waals surface area (Å²) in [4.78, 5) is 3.99. The third kappa shape index (κ3) is 1.66. The van der Waals surface area contributed by atoms with Crippen molar-refractivity contribution in [2.24, 2.45) is 5.84 Å². The SMILES string of the molecule is NNC(c1ncn[nH]1)c1cc2cccc(F)c2o1. The van der Waals surface area contributed by atoms with Crippen LogP contribution >= 0.6 is 0 Å². The van der Waals surface area contributed by atoms with Gasteiger partial charge in [-0.1, -0.05) is 12.1 Å². The molecule has 1 unspecified atom stereocenters. The first kappa shape index (κ1) is 10.9. The molecule has 1 aromatic carbocycles. The molecule has 1 atom stereocenters. The highest BCUT2D eigenvalue weighted by atomic mass is 19.1. The Morgan fingerprint density at radius 1 is 1.44 bits per heavy atom. The summed E-state index contributed by atoms with van der Waals surface area (Å²) in [6.45, 7) is 0. The van der Waals surface area contributed by atoms with Crippen LogP contribution in [0.2, 0.25) is 0 Å². The fraction of sp³-hybridized carbons (Fsp3) is 0.0909. The predicted octanol–water partition coefficient (Wildman–Crippen LogP) is 1.24. The number of halogens is 1. The number of nitrogens with one attached hydrogen (secondary N) is 2. The van der Waals surface area contributed by atoms with E-state index in [1.807, 2.05) is 0 Å². The van der Waals surface area contributed by atoms with E-state index < -0.39 is 11.9 Å². The number of aromatic nitrogens is 3. The molecule has 0 aliphatic heterocycles. The highest BCUT2D eigenvalue weighted by Crippen LogP contribution is 2.27. The molecule has 2 aromatic heterocycles. The lowest BCUT2D eigenvalue weighted by Gasteiger charge is -2.08. The van der Waals surface area contributed by atoms with Crippen molar-refractivity contribution in [2.75, 3.05) is 0 Å². The van der Waals surface area contributed by atoms with E-state index in [0.29, 0.717) is 17.0 Å². The first-order valence-electron chi connectivity index (χ1n) is 5.29. The normalized spacial score (nSPS) is 13.0. The van der Waals surface area contributed by atoms with Crippen molar-refractivity contribution in [3.63, 3.8) is 0 Å². The average molecular weight is 247 g/mol. The van der Waals surface area contributed by atoms with Crippen molar-refractivity contribution in [2.45, 2.75) is 6.04 Å². The summed E-state index contributed by atoms with van der Waals surface area (Å²) in [5.41, 5.74) is 2.75. The molecule has 0 amide bonds. The van der Waals surface area contributed by atoms with E-state index in [2.05, 4.69) is 20.6 Å². The lowest BCUT2D eigenvalue weighted by Crippen LogP contribution is -2.29. The Bertz CT molecular complexity index is 663. The van der Waals surface area contributed by atoms with Gasteiger partial charge in [0, 0.05) is 5.39 Å². The van der Waals surface area contributed by atoms with E-state index in [0.717, 1.165) is 0 Å². The first-order valence-corrected chi connectivity index (χ1v) is 5.29. The number of nitrogens with zero attached hydrogens (tertiary/aromatic N) is 2. The number of H-pyrrole nitrogens is 1. The fourth-order valence-electron chi connectivity index (χ4n) is 1.84. The van der Waals surface area contributed by atoms with E-state index in [1.54, 1.807) is 18.2 Å². The van der Waals surface area contributed by atoms with Gasteiger partial charge in [0.15, 0.2) is 17.2 Å². The van der Waals surface area contributed by atoms with E-state index in [-0.39, 0.29) is 5.58 Å². The van der Waals surface area contributed by atoms with E-state index in [9.17, 15) is 4.39 Å². The molecule has 4 N–H and O–H groups in total. The Balaban J connectivity index is 2.11. The minimum Gasteiger partial charge on any atom is -0.456 e. The molecule has 0 aliphatic carbocycles. The number of hydrazine groups is 1. The number of furan rings is 1. The van der Waals surface area contributed by atoms with Crippen molar-refractivity contribution in [3.8, 4) is 0 Å². The number of hydrogen-bond donors (Lipinski definition) is 3. The Kier molecular flexibility index (Phi) is 2.54.